The number of hydrogen-bond acceptors (Lipinski definition) is 5. The van der Waals surface area contributed by atoms with Gasteiger partial charge in [-0.1, -0.05) is 161 Å². The third kappa shape index (κ3) is 29.5. The molecule has 3 unspecified atom stereocenters. The topological polar surface area (TPSA) is 124 Å². The number of aliphatic hydroxyl groups is 2. The lowest BCUT2D eigenvalue weighted by Gasteiger charge is -2.24. The summed E-state index contributed by atoms with van der Waals surface area (Å²) >= 11 is 0. The van der Waals surface area contributed by atoms with Crippen LogP contribution < -0.4 is 5.32 Å². The maximum absolute atomic E-state index is 12.5. The molecule has 0 bridgehead atoms. The Morgan fingerprint density at radius 2 is 1.00 bits per heavy atom. The molecule has 0 aromatic heterocycles. The summed E-state index contributed by atoms with van der Waals surface area (Å²) in [6.07, 6.45) is 31.2. The van der Waals surface area contributed by atoms with Crippen LogP contribution in [0.25, 0.3) is 0 Å². The maximum Gasteiger partial charge on any atom is 0.266 e. The zero-order chi connectivity index (χ0) is 32.0. The standard InChI is InChI=1S/C35H69NO6S/c1-3-5-7-9-11-13-14-15-16-17-18-19-20-21-22-24-25-27-29-33(37)32(31-43(40,41)42)36-35(39)34(38)30-28-26-23-12-10-8-6-4-2/h23,26,32-34,37-38H,3-22,24-25,27-31H2,1-2H3,(H,36,39)(H,40,41,42)/b26-23-. The SMILES string of the molecule is CCCCCC/C=C\CCC(O)C(=O)NC(CS(=O)(=O)O)C(O)CCCCCCCCCCCCCCCCCCCC. The number of amides is 1. The molecular formula is C35H69NO6S. The summed E-state index contributed by atoms with van der Waals surface area (Å²) in [6.45, 7) is 4.43. The second-order valence-corrected chi connectivity index (χ2v) is 14.1. The van der Waals surface area contributed by atoms with E-state index in [-0.39, 0.29) is 6.42 Å². The second kappa shape index (κ2) is 29.7. The molecule has 7 nitrogen and oxygen atoms in total. The molecular weight excluding hydrogens is 562 g/mol. The molecule has 0 radical (unpaired) electrons. The van der Waals surface area contributed by atoms with Crippen LogP contribution in [0.2, 0.25) is 0 Å². The van der Waals surface area contributed by atoms with Crippen LogP contribution >= 0.6 is 0 Å². The van der Waals surface area contributed by atoms with Crippen molar-refractivity contribution in [1.29, 1.82) is 0 Å². The van der Waals surface area contributed by atoms with Crippen LogP contribution in [0.15, 0.2) is 12.2 Å². The molecule has 0 spiro atoms. The van der Waals surface area contributed by atoms with Gasteiger partial charge in [-0.3, -0.25) is 9.35 Å². The number of hydrogen-bond donors (Lipinski definition) is 4. The molecule has 43 heavy (non-hydrogen) atoms. The Morgan fingerprint density at radius 1 is 0.605 bits per heavy atom. The summed E-state index contributed by atoms with van der Waals surface area (Å²) in [7, 11) is -4.40. The van der Waals surface area contributed by atoms with E-state index in [0.717, 1.165) is 32.1 Å². The molecule has 0 aliphatic carbocycles. The highest BCUT2D eigenvalue weighted by atomic mass is 32.2. The number of carbonyl (C=O) groups is 1. The van der Waals surface area contributed by atoms with Crippen molar-refractivity contribution in [2.24, 2.45) is 0 Å². The third-order valence-electron chi connectivity index (χ3n) is 8.34. The molecule has 0 saturated carbocycles. The molecule has 3 atom stereocenters. The van der Waals surface area contributed by atoms with E-state index in [1.807, 2.05) is 6.08 Å². The molecule has 0 rings (SSSR count). The highest BCUT2D eigenvalue weighted by molar-refractivity contribution is 7.85. The normalized spacial score (nSPS) is 14.3. The Morgan fingerprint density at radius 3 is 1.44 bits per heavy atom. The van der Waals surface area contributed by atoms with E-state index in [9.17, 15) is 28.0 Å². The van der Waals surface area contributed by atoms with Crippen molar-refractivity contribution in [2.45, 2.75) is 199 Å². The molecule has 0 aliphatic heterocycles. The Labute approximate surface area is 265 Å². The highest BCUT2D eigenvalue weighted by Crippen LogP contribution is 2.16. The van der Waals surface area contributed by atoms with Crippen LogP contribution in [0.4, 0.5) is 0 Å². The van der Waals surface area contributed by atoms with Crippen LogP contribution in [0.5, 0.6) is 0 Å². The Kier molecular flexibility index (Phi) is 29.1. The lowest BCUT2D eigenvalue weighted by molar-refractivity contribution is -0.131. The summed E-state index contributed by atoms with van der Waals surface area (Å²) in [5.74, 6) is -1.49. The minimum absolute atomic E-state index is 0.214. The first-order chi connectivity index (χ1) is 20.7. The minimum Gasteiger partial charge on any atom is -0.391 e. The molecule has 0 aromatic carbocycles. The van der Waals surface area contributed by atoms with E-state index in [1.165, 1.54) is 109 Å². The molecule has 0 saturated heterocycles. The smallest absolute Gasteiger partial charge is 0.266 e. The lowest BCUT2D eigenvalue weighted by atomic mass is 10.0. The molecule has 0 aromatic rings. The van der Waals surface area contributed by atoms with Crippen molar-refractivity contribution in [3.05, 3.63) is 12.2 Å². The predicted molar refractivity (Wildman–Crippen MR) is 181 cm³/mol. The molecule has 4 N–H and O–H groups in total. The van der Waals surface area contributed by atoms with E-state index in [2.05, 4.69) is 25.2 Å². The van der Waals surface area contributed by atoms with Gasteiger partial charge in [-0.25, -0.2) is 0 Å². The van der Waals surface area contributed by atoms with Crippen molar-refractivity contribution < 1.29 is 28.0 Å². The van der Waals surface area contributed by atoms with Gasteiger partial charge in [-0.05, 0) is 32.1 Å². The molecule has 0 aliphatic rings. The van der Waals surface area contributed by atoms with E-state index in [1.54, 1.807) is 0 Å². The predicted octanol–water partition coefficient (Wildman–Crippen LogP) is 8.82. The monoisotopic (exact) mass is 631 g/mol. The van der Waals surface area contributed by atoms with Crippen molar-refractivity contribution in [3.63, 3.8) is 0 Å². The quantitative estimate of drug-likeness (QED) is 0.0334. The summed E-state index contributed by atoms with van der Waals surface area (Å²) in [4.78, 5) is 12.5. The largest absolute Gasteiger partial charge is 0.391 e. The lowest BCUT2D eigenvalue weighted by Crippen LogP contribution is -2.50. The number of allylic oxidation sites excluding steroid dienone is 2. The van der Waals surface area contributed by atoms with Crippen molar-refractivity contribution in [2.75, 3.05) is 5.75 Å². The van der Waals surface area contributed by atoms with Crippen LogP contribution in [0.1, 0.15) is 181 Å². The van der Waals surface area contributed by atoms with Gasteiger partial charge < -0.3 is 15.5 Å². The van der Waals surface area contributed by atoms with E-state index < -0.39 is 40.0 Å². The van der Waals surface area contributed by atoms with Gasteiger partial charge in [0.15, 0.2) is 0 Å². The molecule has 8 heteroatoms. The van der Waals surface area contributed by atoms with Gasteiger partial charge in [0.25, 0.3) is 10.1 Å². The molecule has 0 heterocycles. The van der Waals surface area contributed by atoms with E-state index in [0.29, 0.717) is 19.3 Å². The van der Waals surface area contributed by atoms with Crippen molar-refractivity contribution in [1.82, 2.24) is 5.32 Å². The Hall–Kier alpha value is -0.960. The number of nitrogens with one attached hydrogen (secondary N) is 1. The average molecular weight is 632 g/mol. The molecule has 1 amide bonds. The molecule has 256 valence electrons. The third-order valence-corrected chi connectivity index (χ3v) is 9.12. The Balaban J connectivity index is 4.00. The van der Waals surface area contributed by atoms with Gasteiger partial charge in [0, 0.05) is 0 Å². The first-order valence-corrected chi connectivity index (χ1v) is 19.6. The zero-order valence-corrected chi connectivity index (χ0v) is 28.8. The summed E-state index contributed by atoms with van der Waals surface area (Å²) < 4.78 is 32.3. The first-order valence-electron chi connectivity index (χ1n) is 18.0. The second-order valence-electron chi connectivity index (χ2n) is 12.6. The Bertz CT molecular complexity index is 757. The fourth-order valence-electron chi connectivity index (χ4n) is 5.52. The minimum atomic E-state index is -4.40. The van der Waals surface area contributed by atoms with Crippen LogP contribution in [-0.2, 0) is 14.9 Å². The fourth-order valence-corrected chi connectivity index (χ4v) is 6.28. The molecule has 0 fully saturated rings. The number of carbonyl (C=O) groups excluding carboxylic acids is 1. The highest BCUT2D eigenvalue weighted by Gasteiger charge is 2.28. The summed E-state index contributed by atoms with van der Waals surface area (Å²) in [6, 6.07) is -1.16. The number of aliphatic hydroxyl groups excluding tert-OH is 2. The van der Waals surface area contributed by atoms with Gasteiger partial charge in [-0.2, -0.15) is 8.42 Å². The first kappa shape index (κ1) is 42.0. The van der Waals surface area contributed by atoms with E-state index in [4.69, 9.17) is 0 Å². The van der Waals surface area contributed by atoms with Gasteiger partial charge in [-0.15, -0.1) is 0 Å². The van der Waals surface area contributed by atoms with Crippen molar-refractivity contribution >= 4 is 16.0 Å². The van der Waals surface area contributed by atoms with Gasteiger partial charge >= 0.3 is 0 Å². The number of unbranched alkanes of at least 4 members (excludes halogenated alkanes) is 21. The maximum atomic E-state index is 12.5. The van der Waals surface area contributed by atoms with E-state index >= 15 is 0 Å². The number of rotatable bonds is 32. The van der Waals surface area contributed by atoms with Crippen LogP contribution in [0, 0.1) is 0 Å². The van der Waals surface area contributed by atoms with Crippen LogP contribution in [-0.4, -0.2) is 53.1 Å². The van der Waals surface area contributed by atoms with Gasteiger partial charge in [0.05, 0.1) is 17.9 Å². The zero-order valence-electron chi connectivity index (χ0n) is 28.0. The summed E-state index contributed by atoms with van der Waals surface area (Å²) in [5, 5.41) is 23.3. The summed E-state index contributed by atoms with van der Waals surface area (Å²) in [5.41, 5.74) is 0. The van der Waals surface area contributed by atoms with Crippen molar-refractivity contribution in [3.8, 4) is 0 Å². The van der Waals surface area contributed by atoms with Gasteiger partial charge in [0.1, 0.15) is 6.10 Å². The van der Waals surface area contributed by atoms with Crippen LogP contribution in [0.3, 0.4) is 0 Å². The van der Waals surface area contributed by atoms with Gasteiger partial charge in [0.2, 0.25) is 5.91 Å². The fraction of sp³-hybridized carbons (Fsp3) is 0.914. The average Bonchev–Trinajstić information content (AvgIpc) is 2.96.